The van der Waals surface area contributed by atoms with Crippen LogP contribution >= 0.6 is 0 Å². The average Bonchev–Trinajstić information content (AvgIpc) is 2.66. The SMILES string of the molecule is CCn1cc(COC(C)C)c2cccc(O)c21. The summed E-state index contributed by atoms with van der Waals surface area (Å²) in [4.78, 5) is 0. The summed E-state index contributed by atoms with van der Waals surface area (Å²) in [7, 11) is 0. The molecule has 3 heteroatoms. The number of para-hydroxylation sites is 1. The van der Waals surface area contributed by atoms with Crippen LogP contribution in [-0.4, -0.2) is 15.8 Å². The molecule has 0 radical (unpaired) electrons. The number of aromatic hydroxyl groups is 1. The van der Waals surface area contributed by atoms with E-state index in [1.807, 2.05) is 26.0 Å². The molecule has 0 saturated carbocycles. The van der Waals surface area contributed by atoms with E-state index < -0.39 is 0 Å². The lowest BCUT2D eigenvalue weighted by Gasteiger charge is -2.06. The van der Waals surface area contributed by atoms with Crippen LogP contribution in [0.15, 0.2) is 24.4 Å². The molecule has 1 heterocycles. The molecule has 0 aliphatic rings. The Labute approximate surface area is 102 Å². The number of hydrogen-bond acceptors (Lipinski definition) is 2. The maximum atomic E-state index is 9.91. The third-order valence-electron chi connectivity index (χ3n) is 2.87. The molecule has 0 saturated heterocycles. The Hall–Kier alpha value is -1.48. The lowest BCUT2D eigenvalue weighted by atomic mass is 10.2. The van der Waals surface area contributed by atoms with Gasteiger partial charge in [0.2, 0.25) is 0 Å². The van der Waals surface area contributed by atoms with Gasteiger partial charge in [-0.2, -0.15) is 0 Å². The number of hydrogen-bond donors (Lipinski definition) is 1. The molecule has 0 amide bonds. The first-order valence-electron chi connectivity index (χ1n) is 6.04. The molecule has 0 aliphatic heterocycles. The highest BCUT2D eigenvalue weighted by Crippen LogP contribution is 2.29. The summed E-state index contributed by atoms with van der Waals surface area (Å²) in [6, 6.07) is 5.62. The van der Waals surface area contributed by atoms with Gasteiger partial charge in [0.25, 0.3) is 0 Å². The van der Waals surface area contributed by atoms with Gasteiger partial charge in [0.1, 0.15) is 5.75 Å². The van der Waals surface area contributed by atoms with Crippen LogP contribution in [0.2, 0.25) is 0 Å². The van der Waals surface area contributed by atoms with Crippen molar-refractivity contribution < 1.29 is 9.84 Å². The van der Waals surface area contributed by atoms with Crippen molar-refractivity contribution in [2.45, 2.75) is 40.0 Å². The van der Waals surface area contributed by atoms with Crippen LogP contribution in [0.5, 0.6) is 5.75 Å². The normalized spacial score (nSPS) is 11.5. The van der Waals surface area contributed by atoms with E-state index in [2.05, 4.69) is 17.7 Å². The zero-order chi connectivity index (χ0) is 12.4. The highest BCUT2D eigenvalue weighted by molar-refractivity contribution is 5.88. The minimum atomic E-state index is 0.215. The van der Waals surface area contributed by atoms with Crippen molar-refractivity contribution in [3.05, 3.63) is 30.0 Å². The van der Waals surface area contributed by atoms with Gasteiger partial charge in [-0.15, -0.1) is 0 Å². The second-order valence-electron chi connectivity index (χ2n) is 4.47. The summed E-state index contributed by atoms with van der Waals surface area (Å²) in [6.07, 6.45) is 2.28. The van der Waals surface area contributed by atoms with Gasteiger partial charge in [0.15, 0.2) is 0 Å². The molecule has 0 aliphatic carbocycles. The topological polar surface area (TPSA) is 34.4 Å². The molecule has 3 nitrogen and oxygen atoms in total. The Kier molecular flexibility index (Phi) is 3.38. The molecule has 0 spiro atoms. The van der Waals surface area contributed by atoms with Gasteiger partial charge >= 0.3 is 0 Å². The van der Waals surface area contributed by atoms with Crippen LogP contribution < -0.4 is 0 Å². The average molecular weight is 233 g/mol. The molecular weight excluding hydrogens is 214 g/mol. The number of rotatable bonds is 4. The number of nitrogens with zero attached hydrogens (tertiary/aromatic N) is 1. The zero-order valence-corrected chi connectivity index (χ0v) is 10.6. The van der Waals surface area contributed by atoms with Crippen LogP contribution in [-0.2, 0) is 17.9 Å². The minimum absolute atomic E-state index is 0.215. The molecule has 2 rings (SSSR count). The van der Waals surface area contributed by atoms with Gasteiger partial charge in [0, 0.05) is 23.7 Å². The van der Waals surface area contributed by atoms with Crippen molar-refractivity contribution in [3.8, 4) is 5.75 Å². The summed E-state index contributed by atoms with van der Waals surface area (Å²) in [5, 5.41) is 11.0. The van der Waals surface area contributed by atoms with Gasteiger partial charge in [-0.05, 0) is 26.8 Å². The van der Waals surface area contributed by atoms with Crippen LogP contribution in [0.4, 0.5) is 0 Å². The van der Waals surface area contributed by atoms with E-state index in [4.69, 9.17) is 4.74 Å². The third-order valence-corrected chi connectivity index (χ3v) is 2.87. The number of ether oxygens (including phenoxy) is 1. The van der Waals surface area contributed by atoms with E-state index in [1.54, 1.807) is 6.07 Å². The maximum absolute atomic E-state index is 9.91. The number of phenols is 1. The third kappa shape index (κ3) is 2.29. The molecule has 1 aromatic carbocycles. The Morgan fingerprint density at radius 3 is 2.76 bits per heavy atom. The Morgan fingerprint density at radius 2 is 2.12 bits per heavy atom. The molecular formula is C14H19NO2. The summed E-state index contributed by atoms with van der Waals surface area (Å²) in [6.45, 7) is 7.55. The molecule has 1 N–H and O–H groups in total. The number of phenolic OH excluding ortho intramolecular Hbond substituents is 1. The van der Waals surface area contributed by atoms with E-state index in [0.29, 0.717) is 12.4 Å². The molecule has 0 unspecified atom stereocenters. The molecule has 17 heavy (non-hydrogen) atoms. The quantitative estimate of drug-likeness (QED) is 0.879. The Bertz CT molecular complexity index is 514. The minimum Gasteiger partial charge on any atom is -0.506 e. The van der Waals surface area contributed by atoms with E-state index in [1.165, 1.54) is 0 Å². The number of fused-ring (bicyclic) bond motifs is 1. The zero-order valence-electron chi connectivity index (χ0n) is 10.6. The van der Waals surface area contributed by atoms with Crippen LogP contribution in [0, 0.1) is 0 Å². The highest BCUT2D eigenvalue weighted by atomic mass is 16.5. The van der Waals surface area contributed by atoms with Crippen molar-refractivity contribution in [2.75, 3.05) is 0 Å². The van der Waals surface area contributed by atoms with Crippen molar-refractivity contribution in [1.29, 1.82) is 0 Å². The van der Waals surface area contributed by atoms with Crippen molar-refractivity contribution in [2.24, 2.45) is 0 Å². The summed E-state index contributed by atoms with van der Waals surface area (Å²) in [5.74, 6) is 0.333. The van der Waals surface area contributed by atoms with E-state index in [0.717, 1.165) is 23.0 Å². The van der Waals surface area contributed by atoms with Gasteiger partial charge in [0.05, 0.1) is 18.2 Å². The lowest BCUT2D eigenvalue weighted by Crippen LogP contribution is -2.01. The van der Waals surface area contributed by atoms with Crippen LogP contribution in [0.3, 0.4) is 0 Å². The van der Waals surface area contributed by atoms with Crippen molar-refractivity contribution in [3.63, 3.8) is 0 Å². The van der Waals surface area contributed by atoms with E-state index >= 15 is 0 Å². The fourth-order valence-corrected chi connectivity index (χ4v) is 2.04. The van der Waals surface area contributed by atoms with Gasteiger partial charge < -0.3 is 14.4 Å². The van der Waals surface area contributed by atoms with E-state index in [9.17, 15) is 5.11 Å². The molecule has 2 aromatic rings. The first-order valence-corrected chi connectivity index (χ1v) is 6.04. The molecule has 0 bridgehead atoms. The van der Waals surface area contributed by atoms with Crippen LogP contribution in [0.1, 0.15) is 26.3 Å². The predicted molar refractivity (Wildman–Crippen MR) is 69.2 cm³/mol. The standard InChI is InChI=1S/C14H19NO2/c1-4-15-8-11(9-17-10(2)3)12-6-5-7-13(16)14(12)15/h5-8,10,16H,4,9H2,1-3H3. The summed E-state index contributed by atoms with van der Waals surface area (Å²) < 4.78 is 7.70. The van der Waals surface area contributed by atoms with Crippen LogP contribution in [0.25, 0.3) is 10.9 Å². The molecule has 0 atom stereocenters. The fourth-order valence-electron chi connectivity index (χ4n) is 2.04. The maximum Gasteiger partial charge on any atom is 0.139 e. The Morgan fingerprint density at radius 1 is 1.35 bits per heavy atom. The predicted octanol–water partition coefficient (Wildman–Crippen LogP) is 3.29. The summed E-state index contributed by atoms with van der Waals surface area (Å²) in [5.41, 5.74) is 2.03. The molecule has 1 aromatic heterocycles. The number of benzene rings is 1. The largest absolute Gasteiger partial charge is 0.506 e. The van der Waals surface area contributed by atoms with Crippen molar-refractivity contribution in [1.82, 2.24) is 4.57 Å². The Balaban J connectivity index is 2.46. The monoisotopic (exact) mass is 233 g/mol. The summed E-state index contributed by atoms with van der Waals surface area (Å²) >= 11 is 0. The number of aryl methyl sites for hydroxylation is 1. The smallest absolute Gasteiger partial charge is 0.139 e. The second kappa shape index (κ2) is 4.80. The first kappa shape index (κ1) is 12.0. The van der Waals surface area contributed by atoms with Gasteiger partial charge in [-0.1, -0.05) is 12.1 Å². The van der Waals surface area contributed by atoms with Gasteiger partial charge in [-0.25, -0.2) is 0 Å². The fraction of sp³-hybridized carbons (Fsp3) is 0.429. The highest BCUT2D eigenvalue weighted by Gasteiger charge is 2.11. The lowest BCUT2D eigenvalue weighted by molar-refractivity contribution is 0.0663. The van der Waals surface area contributed by atoms with Gasteiger partial charge in [-0.3, -0.25) is 0 Å². The first-order chi connectivity index (χ1) is 8.13. The van der Waals surface area contributed by atoms with Crippen molar-refractivity contribution >= 4 is 10.9 Å². The van der Waals surface area contributed by atoms with E-state index in [-0.39, 0.29) is 6.10 Å². The molecule has 92 valence electrons. The number of aromatic nitrogens is 1. The molecule has 0 fully saturated rings. The second-order valence-corrected chi connectivity index (χ2v) is 4.47.